The van der Waals surface area contributed by atoms with Crippen molar-refractivity contribution in [2.24, 2.45) is 0 Å². The van der Waals surface area contributed by atoms with E-state index >= 15 is 0 Å². The van der Waals surface area contributed by atoms with Crippen LogP contribution in [0.1, 0.15) is 26.3 Å². The van der Waals surface area contributed by atoms with Crippen LogP contribution in [-0.2, 0) is 5.60 Å². The lowest BCUT2D eigenvalue weighted by atomic mass is 9.96. The second kappa shape index (κ2) is 4.80. The van der Waals surface area contributed by atoms with Crippen LogP contribution >= 0.6 is 15.9 Å². The minimum atomic E-state index is -0.960. The van der Waals surface area contributed by atoms with E-state index in [4.69, 9.17) is 0 Å². The summed E-state index contributed by atoms with van der Waals surface area (Å²) in [5.74, 6) is 0. The SMILES string of the molecule is CC(C)=C=CC(C)(O)c1ccc(Br)cc1. The van der Waals surface area contributed by atoms with Gasteiger partial charge >= 0.3 is 0 Å². The number of halogens is 1. The molecular weight excluding hydrogens is 252 g/mol. The van der Waals surface area contributed by atoms with Gasteiger partial charge in [0.1, 0.15) is 5.60 Å². The standard InChI is InChI=1S/C13H15BrO/c1-10(2)8-9-13(3,15)11-4-6-12(14)7-5-11/h4-7,9,15H,1-3H3. The Bertz CT molecular complexity index is 391. The van der Waals surface area contributed by atoms with Crippen molar-refractivity contribution in [1.82, 2.24) is 0 Å². The Hall–Kier alpha value is -0.820. The van der Waals surface area contributed by atoms with E-state index in [0.717, 1.165) is 15.6 Å². The first kappa shape index (κ1) is 12.3. The van der Waals surface area contributed by atoms with Crippen molar-refractivity contribution in [3.05, 3.63) is 51.7 Å². The summed E-state index contributed by atoms with van der Waals surface area (Å²) in [6, 6.07) is 7.63. The molecule has 0 aromatic heterocycles. The highest BCUT2D eigenvalue weighted by molar-refractivity contribution is 9.10. The van der Waals surface area contributed by atoms with Crippen LogP contribution in [0.4, 0.5) is 0 Å². The van der Waals surface area contributed by atoms with Crippen molar-refractivity contribution in [1.29, 1.82) is 0 Å². The molecule has 1 aromatic rings. The average molecular weight is 267 g/mol. The van der Waals surface area contributed by atoms with Crippen molar-refractivity contribution in [3.8, 4) is 0 Å². The molecule has 0 saturated heterocycles. The molecule has 0 aliphatic carbocycles. The molecular formula is C13H15BrO. The van der Waals surface area contributed by atoms with Gasteiger partial charge in [-0.2, -0.15) is 0 Å². The first-order valence-corrected chi connectivity index (χ1v) is 5.60. The van der Waals surface area contributed by atoms with Gasteiger partial charge in [-0.3, -0.25) is 0 Å². The number of aliphatic hydroxyl groups is 1. The second-order valence-electron chi connectivity index (χ2n) is 3.94. The third kappa shape index (κ3) is 3.67. The summed E-state index contributed by atoms with van der Waals surface area (Å²) in [7, 11) is 0. The molecule has 0 aliphatic heterocycles. The van der Waals surface area contributed by atoms with Crippen LogP contribution in [-0.4, -0.2) is 5.11 Å². The zero-order valence-electron chi connectivity index (χ0n) is 9.21. The van der Waals surface area contributed by atoms with E-state index in [-0.39, 0.29) is 0 Å². The Labute approximate surface area is 99.3 Å². The second-order valence-corrected chi connectivity index (χ2v) is 4.86. The molecule has 1 N–H and O–H groups in total. The number of benzene rings is 1. The van der Waals surface area contributed by atoms with Crippen LogP contribution in [0.3, 0.4) is 0 Å². The maximum atomic E-state index is 10.2. The fourth-order valence-electron chi connectivity index (χ4n) is 1.16. The molecule has 0 radical (unpaired) electrons. The minimum absolute atomic E-state index is 0.861. The summed E-state index contributed by atoms with van der Waals surface area (Å²) in [6.45, 7) is 5.66. The number of hydrogen-bond donors (Lipinski definition) is 1. The van der Waals surface area contributed by atoms with Crippen LogP contribution in [0.25, 0.3) is 0 Å². The maximum Gasteiger partial charge on any atom is 0.112 e. The van der Waals surface area contributed by atoms with Crippen molar-refractivity contribution >= 4 is 15.9 Å². The molecule has 1 atom stereocenters. The largest absolute Gasteiger partial charge is 0.381 e. The number of rotatable bonds is 2. The lowest BCUT2D eigenvalue weighted by Crippen LogP contribution is -2.17. The van der Waals surface area contributed by atoms with Gasteiger partial charge in [0.05, 0.1) is 0 Å². The summed E-state index contributed by atoms with van der Waals surface area (Å²) in [5.41, 5.74) is 3.98. The van der Waals surface area contributed by atoms with Crippen LogP contribution in [0.15, 0.2) is 46.1 Å². The van der Waals surface area contributed by atoms with Crippen LogP contribution in [0, 0.1) is 0 Å². The van der Waals surface area contributed by atoms with Gasteiger partial charge in [-0.25, -0.2) is 0 Å². The van der Waals surface area contributed by atoms with Gasteiger partial charge < -0.3 is 5.11 Å². The molecule has 0 aliphatic rings. The monoisotopic (exact) mass is 266 g/mol. The van der Waals surface area contributed by atoms with Crippen LogP contribution < -0.4 is 0 Å². The third-order valence-corrected chi connectivity index (χ3v) is 2.60. The van der Waals surface area contributed by atoms with E-state index < -0.39 is 5.60 Å². The van der Waals surface area contributed by atoms with Gasteiger partial charge in [0.15, 0.2) is 0 Å². The Morgan fingerprint density at radius 1 is 1.33 bits per heavy atom. The average Bonchev–Trinajstić information content (AvgIpc) is 2.16. The normalized spacial score (nSPS) is 13.9. The molecule has 80 valence electrons. The predicted molar refractivity (Wildman–Crippen MR) is 66.7 cm³/mol. The zero-order valence-corrected chi connectivity index (χ0v) is 10.8. The fraction of sp³-hybridized carbons (Fsp3) is 0.308. The van der Waals surface area contributed by atoms with Crippen LogP contribution in [0.5, 0.6) is 0 Å². The highest BCUT2D eigenvalue weighted by Gasteiger charge is 2.18. The van der Waals surface area contributed by atoms with E-state index in [0.29, 0.717) is 0 Å². The Morgan fingerprint density at radius 3 is 2.33 bits per heavy atom. The van der Waals surface area contributed by atoms with Gasteiger partial charge in [-0.05, 0) is 50.1 Å². The Kier molecular flexibility index (Phi) is 3.92. The molecule has 0 saturated carbocycles. The lowest BCUT2D eigenvalue weighted by Gasteiger charge is -2.18. The summed E-state index contributed by atoms with van der Waals surface area (Å²) in [6.07, 6.45) is 1.69. The quantitative estimate of drug-likeness (QED) is 0.808. The van der Waals surface area contributed by atoms with Gasteiger partial charge in [-0.15, -0.1) is 5.73 Å². The van der Waals surface area contributed by atoms with Crippen molar-refractivity contribution < 1.29 is 5.11 Å². The van der Waals surface area contributed by atoms with E-state index in [1.165, 1.54) is 0 Å². The van der Waals surface area contributed by atoms with Gasteiger partial charge in [0.25, 0.3) is 0 Å². The molecule has 1 aromatic carbocycles. The molecule has 0 amide bonds. The highest BCUT2D eigenvalue weighted by atomic mass is 79.9. The first-order chi connectivity index (χ1) is 6.92. The van der Waals surface area contributed by atoms with Crippen molar-refractivity contribution in [2.45, 2.75) is 26.4 Å². The maximum absolute atomic E-state index is 10.2. The molecule has 2 heteroatoms. The van der Waals surface area contributed by atoms with Crippen molar-refractivity contribution in [2.75, 3.05) is 0 Å². The lowest BCUT2D eigenvalue weighted by molar-refractivity contribution is 0.111. The highest BCUT2D eigenvalue weighted by Crippen LogP contribution is 2.23. The Morgan fingerprint density at radius 2 is 1.87 bits per heavy atom. The molecule has 1 nitrogen and oxygen atoms in total. The van der Waals surface area contributed by atoms with Gasteiger partial charge in [0.2, 0.25) is 0 Å². The smallest absolute Gasteiger partial charge is 0.112 e. The van der Waals surface area contributed by atoms with Crippen LogP contribution in [0.2, 0.25) is 0 Å². The predicted octanol–water partition coefficient (Wildman–Crippen LogP) is 3.78. The molecule has 0 bridgehead atoms. The summed E-state index contributed by atoms with van der Waals surface area (Å²) in [5, 5.41) is 10.2. The molecule has 0 heterocycles. The van der Waals surface area contributed by atoms with Gasteiger partial charge in [0, 0.05) is 4.47 Å². The molecule has 0 spiro atoms. The molecule has 15 heavy (non-hydrogen) atoms. The van der Waals surface area contributed by atoms with E-state index in [1.807, 2.05) is 38.1 Å². The van der Waals surface area contributed by atoms with E-state index in [9.17, 15) is 5.11 Å². The number of hydrogen-bond acceptors (Lipinski definition) is 1. The van der Waals surface area contributed by atoms with Gasteiger partial charge in [-0.1, -0.05) is 28.1 Å². The van der Waals surface area contributed by atoms with E-state index in [1.54, 1.807) is 13.0 Å². The molecule has 1 rings (SSSR count). The molecule has 0 fully saturated rings. The third-order valence-electron chi connectivity index (χ3n) is 2.07. The fourth-order valence-corrected chi connectivity index (χ4v) is 1.42. The summed E-state index contributed by atoms with van der Waals surface area (Å²) >= 11 is 3.36. The zero-order chi connectivity index (χ0) is 11.5. The topological polar surface area (TPSA) is 20.2 Å². The minimum Gasteiger partial charge on any atom is -0.381 e. The first-order valence-electron chi connectivity index (χ1n) is 4.81. The van der Waals surface area contributed by atoms with Crippen molar-refractivity contribution in [3.63, 3.8) is 0 Å². The van der Waals surface area contributed by atoms with E-state index in [2.05, 4.69) is 21.7 Å². The summed E-state index contributed by atoms with van der Waals surface area (Å²) in [4.78, 5) is 0. The molecule has 1 unspecified atom stereocenters. The Balaban J connectivity index is 3.06. The summed E-state index contributed by atoms with van der Waals surface area (Å²) < 4.78 is 1.01.